The molecule has 0 amide bonds. The van der Waals surface area contributed by atoms with Gasteiger partial charge in [0.1, 0.15) is 0 Å². The van der Waals surface area contributed by atoms with Gasteiger partial charge in [0, 0.05) is 23.7 Å². The number of halogens is 1. The van der Waals surface area contributed by atoms with E-state index in [-0.39, 0.29) is 0 Å². The van der Waals surface area contributed by atoms with Crippen LogP contribution in [-0.4, -0.2) is 11.2 Å². The summed E-state index contributed by atoms with van der Waals surface area (Å²) in [5, 5.41) is 0. The molecular weight excluding hydrogens is 263 g/mol. The third kappa shape index (κ3) is 2.73. The predicted octanol–water partition coefficient (Wildman–Crippen LogP) is 2.72. The van der Waals surface area contributed by atoms with Crippen LogP contribution in [0.15, 0.2) is 33.6 Å². The molecule has 0 aliphatic rings. The number of hydrogen-bond acceptors (Lipinski definition) is 2. The lowest BCUT2D eigenvalue weighted by Gasteiger charge is -1.95. The Morgan fingerprint density at radius 3 is 3.08 bits per heavy atom. The van der Waals surface area contributed by atoms with Gasteiger partial charge in [-0.1, -0.05) is 12.6 Å². The topological polar surface area (TPSA) is 25.2 Å². The van der Waals surface area contributed by atoms with Gasteiger partial charge in [-0.3, -0.25) is 9.98 Å². The Bertz CT molecular complexity index is 318. The van der Waals surface area contributed by atoms with Gasteiger partial charge < -0.3 is 0 Å². The molecule has 0 aliphatic carbocycles. The van der Waals surface area contributed by atoms with Crippen molar-refractivity contribution in [1.82, 2.24) is 4.98 Å². The van der Waals surface area contributed by atoms with E-state index in [1.165, 1.54) is 0 Å². The first-order valence-corrected chi connectivity index (χ1v) is 4.58. The molecule has 1 aromatic rings. The minimum atomic E-state index is 0.774. The molecule has 0 saturated carbocycles. The van der Waals surface area contributed by atoms with E-state index in [0.717, 1.165) is 15.0 Å². The average Bonchev–Trinajstić information content (AvgIpc) is 2.03. The van der Waals surface area contributed by atoms with Crippen LogP contribution in [-0.2, 0) is 0 Å². The van der Waals surface area contributed by atoms with Gasteiger partial charge in [-0.15, -0.1) is 0 Å². The average molecular weight is 272 g/mol. The lowest BCUT2D eigenvalue weighted by atomic mass is 10.2. The lowest BCUT2D eigenvalue weighted by Crippen LogP contribution is -1.88. The van der Waals surface area contributed by atoms with Crippen molar-refractivity contribution >= 4 is 28.8 Å². The van der Waals surface area contributed by atoms with Gasteiger partial charge in [-0.25, -0.2) is 0 Å². The smallest absolute Gasteiger partial charge is 0.0937 e. The molecule has 0 radical (unpaired) electrons. The van der Waals surface area contributed by atoms with Crippen molar-refractivity contribution in [2.45, 2.75) is 6.92 Å². The fourth-order valence-corrected chi connectivity index (χ4v) is 0.912. The van der Waals surface area contributed by atoms with Crippen LogP contribution < -0.4 is 0 Å². The molecule has 0 aliphatic heterocycles. The highest BCUT2D eigenvalue weighted by Crippen LogP contribution is 2.05. The molecular formula is C9H9IN2. The first-order valence-electron chi connectivity index (χ1n) is 3.50. The number of pyridine rings is 1. The van der Waals surface area contributed by atoms with Crippen LogP contribution in [0.2, 0.25) is 0 Å². The molecule has 12 heavy (non-hydrogen) atoms. The summed E-state index contributed by atoms with van der Waals surface area (Å²) in [5.74, 6) is 0. The highest BCUT2D eigenvalue weighted by molar-refractivity contribution is 14.1. The van der Waals surface area contributed by atoms with E-state index in [9.17, 15) is 0 Å². The number of aryl methyl sites for hydroxylation is 1. The maximum Gasteiger partial charge on any atom is 0.0937 e. The molecule has 0 unspecified atom stereocenters. The lowest BCUT2D eigenvalue weighted by molar-refractivity contribution is 1.19. The number of aliphatic imine (C=N–C) groups is 1. The van der Waals surface area contributed by atoms with Crippen molar-refractivity contribution in [2.24, 2.45) is 4.99 Å². The van der Waals surface area contributed by atoms with E-state index >= 15 is 0 Å². The zero-order valence-electron chi connectivity index (χ0n) is 6.79. The molecule has 1 heterocycles. The SMILES string of the molecule is C=C(I)N=Cc1cccnc1C. The third-order valence-electron chi connectivity index (χ3n) is 1.39. The summed E-state index contributed by atoms with van der Waals surface area (Å²) < 4.78 is 0.774. The third-order valence-corrected chi connectivity index (χ3v) is 1.67. The Kier molecular flexibility index (Phi) is 3.40. The Morgan fingerprint density at radius 1 is 1.75 bits per heavy atom. The second kappa shape index (κ2) is 4.35. The molecule has 0 atom stereocenters. The molecule has 0 fully saturated rings. The molecule has 3 heteroatoms. The fraction of sp³-hybridized carbons (Fsp3) is 0.111. The van der Waals surface area contributed by atoms with E-state index in [4.69, 9.17) is 0 Å². The number of aromatic nitrogens is 1. The summed E-state index contributed by atoms with van der Waals surface area (Å²) >= 11 is 2.07. The molecule has 2 nitrogen and oxygen atoms in total. The van der Waals surface area contributed by atoms with Crippen molar-refractivity contribution in [3.05, 3.63) is 39.9 Å². The van der Waals surface area contributed by atoms with Gasteiger partial charge >= 0.3 is 0 Å². The second-order valence-electron chi connectivity index (χ2n) is 2.31. The Hall–Kier alpha value is -0.710. The van der Waals surface area contributed by atoms with Crippen molar-refractivity contribution in [3.63, 3.8) is 0 Å². The van der Waals surface area contributed by atoms with Crippen LogP contribution in [0.25, 0.3) is 0 Å². The minimum absolute atomic E-state index is 0.774. The van der Waals surface area contributed by atoms with Crippen molar-refractivity contribution in [2.75, 3.05) is 0 Å². The van der Waals surface area contributed by atoms with Gasteiger partial charge in [-0.05, 0) is 35.6 Å². The Labute approximate surface area is 85.6 Å². The standard InChI is InChI=1S/C9H9IN2/c1-7-9(4-3-5-11-7)6-12-8(2)10/h3-6H,2H2,1H3. The molecule has 62 valence electrons. The quantitative estimate of drug-likeness (QED) is 0.461. The zero-order chi connectivity index (χ0) is 8.97. The fourth-order valence-electron chi connectivity index (χ4n) is 0.773. The van der Waals surface area contributed by atoms with Gasteiger partial charge in [0.2, 0.25) is 0 Å². The van der Waals surface area contributed by atoms with Gasteiger partial charge in [0.05, 0.1) is 3.70 Å². The monoisotopic (exact) mass is 272 g/mol. The Balaban J connectivity index is 2.89. The van der Waals surface area contributed by atoms with E-state index in [1.807, 2.05) is 19.1 Å². The van der Waals surface area contributed by atoms with Crippen LogP contribution in [0.4, 0.5) is 0 Å². The highest BCUT2D eigenvalue weighted by Gasteiger charge is 1.92. The largest absolute Gasteiger partial charge is 0.261 e. The van der Waals surface area contributed by atoms with Crippen LogP contribution >= 0.6 is 22.6 Å². The summed E-state index contributed by atoms with van der Waals surface area (Å²) in [6.45, 7) is 5.62. The summed E-state index contributed by atoms with van der Waals surface area (Å²) in [5.41, 5.74) is 2.02. The predicted molar refractivity (Wildman–Crippen MR) is 59.7 cm³/mol. The first kappa shape index (κ1) is 9.38. The highest BCUT2D eigenvalue weighted by atomic mass is 127. The van der Waals surface area contributed by atoms with Crippen molar-refractivity contribution in [3.8, 4) is 0 Å². The summed E-state index contributed by atoms with van der Waals surface area (Å²) in [6.07, 6.45) is 3.54. The van der Waals surface area contributed by atoms with Gasteiger partial charge in [0.15, 0.2) is 0 Å². The molecule has 0 aromatic carbocycles. The first-order chi connectivity index (χ1) is 5.70. The van der Waals surface area contributed by atoms with E-state index in [1.54, 1.807) is 12.4 Å². The van der Waals surface area contributed by atoms with Crippen molar-refractivity contribution < 1.29 is 0 Å². The molecule has 0 spiro atoms. The second-order valence-corrected chi connectivity index (χ2v) is 3.56. The normalized spacial score (nSPS) is 10.5. The minimum Gasteiger partial charge on any atom is -0.261 e. The Morgan fingerprint density at radius 2 is 2.50 bits per heavy atom. The molecule has 1 rings (SSSR count). The van der Waals surface area contributed by atoms with Gasteiger partial charge in [-0.2, -0.15) is 0 Å². The number of rotatable bonds is 2. The van der Waals surface area contributed by atoms with Crippen LogP contribution in [0, 0.1) is 6.92 Å². The van der Waals surface area contributed by atoms with E-state index < -0.39 is 0 Å². The summed E-state index contributed by atoms with van der Waals surface area (Å²) in [7, 11) is 0. The van der Waals surface area contributed by atoms with Gasteiger partial charge in [0.25, 0.3) is 0 Å². The van der Waals surface area contributed by atoms with Crippen LogP contribution in [0.3, 0.4) is 0 Å². The molecule has 0 saturated heterocycles. The molecule has 0 N–H and O–H groups in total. The number of nitrogens with zero attached hydrogens (tertiary/aromatic N) is 2. The summed E-state index contributed by atoms with van der Waals surface area (Å²) in [6, 6.07) is 3.87. The van der Waals surface area contributed by atoms with Crippen LogP contribution in [0.1, 0.15) is 11.3 Å². The maximum atomic E-state index is 4.13. The zero-order valence-corrected chi connectivity index (χ0v) is 8.95. The maximum absolute atomic E-state index is 4.13. The van der Waals surface area contributed by atoms with E-state index in [0.29, 0.717) is 0 Å². The molecule has 0 bridgehead atoms. The van der Waals surface area contributed by atoms with E-state index in [2.05, 4.69) is 39.1 Å². The summed E-state index contributed by atoms with van der Waals surface area (Å²) in [4.78, 5) is 8.22. The molecule has 1 aromatic heterocycles. The van der Waals surface area contributed by atoms with Crippen LogP contribution in [0.5, 0.6) is 0 Å². The number of hydrogen-bond donors (Lipinski definition) is 0. The van der Waals surface area contributed by atoms with Crippen molar-refractivity contribution in [1.29, 1.82) is 0 Å².